The molecule has 0 unspecified atom stereocenters. The van der Waals surface area contributed by atoms with Crippen LogP contribution in [-0.2, 0) is 0 Å². The normalized spacial score (nSPS) is 12.3. The highest BCUT2D eigenvalue weighted by Crippen LogP contribution is 2.17. The lowest BCUT2D eigenvalue weighted by molar-refractivity contribution is 1.39. The van der Waals surface area contributed by atoms with Gasteiger partial charge < -0.3 is 11.5 Å². The summed E-state index contributed by atoms with van der Waals surface area (Å²) in [5.74, 6) is 0. The van der Waals surface area contributed by atoms with Crippen molar-refractivity contribution in [3.8, 4) is 0 Å². The molecule has 0 amide bonds. The third-order valence-electron chi connectivity index (χ3n) is 1.98. The summed E-state index contributed by atoms with van der Waals surface area (Å²) in [5.41, 5.74) is 15.0. The molecule has 0 bridgehead atoms. The van der Waals surface area contributed by atoms with Crippen LogP contribution in [0.1, 0.15) is 11.1 Å². The van der Waals surface area contributed by atoms with E-state index in [-0.39, 0.29) is 0 Å². The highest BCUT2D eigenvalue weighted by atomic mass is 14.6. The van der Waals surface area contributed by atoms with Crippen LogP contribution in [0.15, 0.2) is 29.3 Å². The van der Waals surface area contributed by atoms with Crippen molar-refractivity contribution in [2.75, 3.05) is 12.8 Å². The lowest BCUT2D eigenvalue weighted by atomic mass is 10.1. The number of nitrogen functional groups attached to an aromatic ring is 1. The number of anilines is 1. The summed E-state index contributed by atoms with van der Waals surface area (Å²) in [4.78, 5) is 3.84. The molecule has 0 heterocycles. The molecule has 0 atom stereocenters. The first-order chi connectivity index (χ1) is 6.65. The van der Waals surface area contributed by atoms with Crippen LogP contribution in [0.4, 0.5) is 5.69 Å². The Kier molecular flexibility index (Phi) is 3.29. The zero-order valence-corrected chi connectivity index (χ0v) is 8.49. The molecule has 4 N–H and O–H groups in total. The fraction of sp³-hybridized carbons (Fsp3) is 0.182. The van der Waals surface area contributed by atoms with Crippen molar-refractivity contribution >= 4 is 17.6 Å². The highest BCUT2D eigenvalue weighted by molar-refractivity contribution is 5.84. The number of nitrogens with zero attached hydrogens (tertiary/aromatic N) is 1. The average Bonchev–Trinajstić information content (AvgIpc) is 2.18. The minimum Gasteiger partial charge on any atom is -0.399 e. The summed E-state index contributed by atoms with van der Waals surface area (Å²) in [6.45, 7) is 2.00. The van der Waals surface area contributed by atoms with E-state index in [4.69, 9.17) is 11.5 Å². The average molecular weight is 189 g/mol. The summed E-state index contributed by atoms with van der Waals surface area (Å²) >= 11 is 0. The van der Waals surface area contributed by atoms with E-state index in [9.17, 15) is 0 Å². The van der Waals surface area contributed by atoms with E-state index in [0.29, 0.717) is 5.70 Å². The van der Waals surface area contributed by atoms with Gasteiger partial charge in [0.2, 0.25) is 0 Å². The summed E-state index contributed by atoms with van der Waals surface area (Å²) in [7, 11) is 1.70. The number of rotatable bonds is 2. The Morgan fingerprint density at radius 1 is 1.43 bits per heavy atom. The van der Waals surface area contributed by atoms with E-state index in [1.807, 2.05) is 25.1 Å². The molecule has 3 nitrogen and oxygen atoms in total. The van der Waals surface area contributed by atoms with Crippen molar-refractivity contribution in [1.82, 2.24) is 0 Å². The molecule has 0 aliphatic rings. The molecule has 1 rings (SSSR count). The lowest BCUT2D eigenvalue weighted by Crippen LogP contribution is -2.00. The Hall–Kier alpha value is -1.77. The fourth-order valence-electron chi connectivity index (χ4n) is 1.20. The van der Waals surface area contributed by atoms with Crippen molar-refractivity contribution in [1.29, 1.82) is 0 Å². The first-order valence-electron chi connectivity index (χ1n) is 4.39. The van der Waals surface area contributed by atoms with Crippen LogP contribution in [-0.4, -0.2) is 13.3 Å². The van der Waals surface area contributed by atoms with Crippen molar-refractivity contribution in [3.05, 3.63) is 35.4 Å². The Bertz CT molecular complexity index is 378. The molecule has 14 heavy (non-hydrogen) atoms. The predicted octanol–water partition coefficient (Wildman–Crippen LogP) is 1.58. The third-order valence-corrected chi connectivity index (χ3v) is 1.98. The highest BCUT2D eigenvalue weighted by Gasteiger charge is 2.00. The van der Waals surface area contributed by atoms with Gasteiger partial charge in [-0.2, -0.15) is 0 Å². The second-order valence-corrected chi connectivity index (χ2v) is 3.10. The third kappa shape index (κ3) is 2.36. The molecule has 0 aliphatic heterocycles. The van der Waals surface area contributed by atoms with E-state index in [1.165, 1.54) is 0 Å². The lowest BCUT2D eigenvalue weighted by Gasteiger charge is -2.06. The smallest absolute Gasteiger partial charge is 0.0406 e. The van der Waals surface area contributed by atoms with Crippen LogP contribution in [0, 0.1) is 6.92 Å². The molecule has 0 radical (unpaired) electrons. The second-order valence-electron chi connectivity index (χ2n) is 3.10. The van der Waals surface area contributed by atoms with Crippen LogP contribution in [0.2, 0.25) is 0 Å². The number of hydrogen-bond acceptors (Lipinski definition) is 3. The van der Waals surface area contributed by atoms with Gasteiger partial charge in [0.25, 0.3) is 0 Å². The van der Waals surface area contributed by atoms with Gasteiger partial charge in [0, 0.05) is 30.2 Å². The molecule has 0 saturated heterocycles. The first kappa shape index (κ1) is 10.3. The molecule has 0 spiro atoms. The minimum atomic E-state index is 0.681. The Morgan fingerprint density at radius 2 is 2.14 bits per heavy atom. The Balaban J connectivity index is 3.11. The van der Waals surface area contributed by atoms with Gasteiger partial charge in [-0.15, -0.1) is 0 Å². The predicted molar refractivity (Wildman–Crippen MR) is 62.2 cm³/mol. The molecule has 0 aromatic heterocycles. The largest absolute Gasteiger partial charge is 0.399 e. The van der Waals surface area contributed by atoms with Crippen LogP contribution in [0.5, 0.6) is 0 Å². The van der Waals surface area contributed by atoms with Gasteiger partial charge in [-0.1, -0.05) is 6.07 Å². The zero-order valence-electron chi connectivity index (χ0n) is 8.49. The van der Waals surface area contributed by atoms with Gasteiger partial charge in [-0.05, 0) is 30.7 Å². The molecular formula is C11H15N3. The maximum atomic E-state index is 5.87. The SMILES string of the molecule is CN=C/C=C(\N)c1cc(N)ccc1C. The first-order valence-corrected chi connectivity index (χ1v) is 4.39. The molecule has 1 aromatic rings. The van der Waals surface area contributed by atoms with Crippen LogP contribution in [0.25, 0.3) is 5.70 Å². The summed E-state index contributed by atoms with van der Waals surface area (Å²) < 4.78 is 0. The monoisotopic (exact) mass is 189 g/mol. The maximum absolute atomic E-state index is 5.87. The van der Waals surface area contributed by atoms with Gasteiger partial charge in [0.05, 0.1) is 0 Å². The quantitative estimate of drug-likeness (QED) is 0.548. The van der Waals surface area contributed by atoms with Crippen LogP contribution in [0.3, 0.4) is 0 Å². The minimum absolute atomic E-state index is 0.681. The number of allylic oxidation sites excluding steroid dienone is 1. The zero-order chi connectivity index (χ0) is 10.6. The van der Waals surface area contributed by atoms with Crippen molar-refractivity contribution in [3.63, 3.8) is 0 Å². The number of hydrogen-bond donors (Lipinski definition) is 2. The Morgan fingerprint density at radius 3 is 2.79 bits per heavy atom. The molecular weight excluding hydrogens is 174 g/mol. The van der Waals surface area contributed by atoms with Crippen molar-refractivity contribution < 1.29 is 0 Å². The molecule has 1 aromatic carbocycles. The van der Waals surface area contributed by atoms with E-state index in [2.05, 4.69) is 4.99 Å². The summed E-state index contributed by atoms with van der Waals surface area (Å²) in [5, 5.41) is 0. The molecule has 3 heteroatoms. The van der Waals surface area contributed by atoms with E-state index in [0.717, 1.165) is 16.8 Å². The Labute approximate surface area is 84.1 Å². The standard InChI is InChI=1S/C11H15N3/c1-8-3-4-9(12)7-10(8)11(13)5-6-14-2/h3-7H,12-13H2,1-2H3/b11-5-,14-6?. The van der Waals surface area contributed by atoms with Crippen molar-refractivity contribution in [2.45, 2.75) is 6.92 Å². The summed E-state index contributed by atoms with van der Waals surface area (Å²) in [6, 6.07) is 5.68. The van der Waals surface area contributed by atoms with Gasteiger partial charge >= 0.3 is 0 Å². The topological polar surface area (TPSA) is 64.4 Å². The second kappa shape index (κ2) is 4.46. The van der Waals surface area contributed by atoms with Crippen LogP contribution >= 0.6 is 0 Å². The van der Waals surface area contributed by atoms with E-state index < -0.39 is 0 Å². The van der Waals surface area contributed by atoms with E-state index >= 15 is 0 Å². The number of aliphatic imine (C=N–C) groups is 1. The molecule has 0 saturated carbocycles. The van der Waals surface area contributed by atoms with Crippen molar-refractivity contribution in [2.24, 2.45) is 10.7 Å². The number of nitrogens with two attached hydrogens (primary N) is 2. The molecule has 0 aliphatic carbocycles. The number of aryl methyl sites for hydroxylation is 1. The number of benzene rings is 1. The van der Waals surface area contributed by atoms with Gasteiger partial charge in [0.1, 0.15) is 0 Å². The van der Waals surface area contributed by atoms with Crippen LogP contribution < -0.4 is 11.5 Å². The summed E-state index contributed by atoms with van der Waals surface area (Å²) in [6.07, 6.45) is 3.43. The maximum Gasteiger partial charge on any atom is 0.0406 e. The molecule has 0 fully saturated rings. The van der Waals surface area contributed by atoms with E-state index in [1.54, 1.807) is 19.3 Å². The van der Waals surface area contributed by atoms with Gasteiger partial charge in [-0.25, -0.2) is 0 Å². The van der Waals surface area contributed by atoms with Gasteiger partial charge in [0.15, 0.2) is 0 Å². The molecule has 74 valence electrons. The van der Waals surface area contributed by atoms with Gasteiger partial charge in [-0.3, -0.25) is 4.99 Å². The fourth-order valence-corrected chi connectivity index (χ4v) is 1.20.